The van der Waals surface area contributed by atoms with Gasteiger partial charge in [-0.15, -0.1) is 0 Å². The van der Waals surface area contributed by atoms with Crippen LogP contribution < -0.4 is 5.73 Å². The Morgan fingerprint density at radius 1 is 1.33 bits per heavy atom. The van der Waals surface area contributed by atoms with Gasteiger partial charge in [0, 0.05) is 18.8 Å². The van der Waals surface area contributed by atoms with Crippen molar-refractivity contribution in [1.29, 1.82) is 0 Å². The SMILES string of the molecule is COC(=O)c1ccc(N)cc1S(=O)(=O)N1CCC(C)CC1. The number of nitrogens with zero attached hydrogens (tertiary/aromatic N) is 1. The van der Waals surface area contributed by atoms with E-state index in [4.69, 9.17) is 5.73 Å². The molecule has 1 fully saturated rings. The summed E-state index contributed by atoms with van der Waals surface area (Å²) in [6, 6.07) is 4.20. The largest absolute Gasteiger partial charge is 0.465 e. The van der Waals surface area contributed by atoms with Crippen molar-refractivity contribution in [2.24, 2.45) is 5.92 Å². The van der Waals surface area contributed by atoms with E-state index in [1.807, 2.05) is 0 Å². The third-order valence-corrected chi connectivity index (χ3v) is 5.71. The molecule has 0 radical (unpaired) electrons. The van der Waals surface area contributed by atoms with E-state index in [0.717, 1.165) is 12.8 Å². The Kier molecular flexibility index (Phi) is 4.53. The van der Waals surface area contributed by atoms with Gasteiger partial charge in [0.15, 0.2) is 0 Å². The molecule has 0 aromatic heterocycles. The maximum atomic E-state index is 12.7. The van der Waals surface area contributed by atoms with E-state index < -0.39 is 16.0 Å². The number of sulfonamides is 1. The number of esters is 1. The van der Waals surface area contributed by atoms with Crippen LogP contribution in [-0.2, 0) is 14.8 Å². The second kappa shape index (κ2) is 6.03. The lowest BCUT2D eigenvalue weighted by atomic mass is 10.0. The fourth-order valence-corrected chi connectivity index (χ4v) is 4.08. The van der Waals surface area contributed by atoms with E-state index in [1.165, 1.54) is 29.6 Å². The topological polar surface area (TPSA) is 89.7 Å². The molecule has 2 rings (SSSR count). The van der Waals surface area contributed by atoms with E-state index >= 15 is 0 Å². The summed E-state index contributed by atoms with van der Waals surface area (Å²) in [7, 11) is -2.52. The van der Waals surface area contributed by atoms with Crippen LogP contribution in [0.2, 0.25) is 0 Å². The van der Waals surface area contributed by atoms with Gasteiger partial charge in [0.2, 0.25) is 10.0 Å². The van der Waals surface area contributed by atoms with Gasteiger partial charge >= 0.3 is 5.97 Å². The van der Waals surface area contributed by atoms with Crippen molar-refractivity contribution in [3.05, 3.63) is 23.8 Å². The third kappa shape index (κ3) is 3.19. The van der Waals surface area contributed by atoms with Gasteiger partial charge < -0.3 is 10.5 Å². The number of carbonyl (C=O) groups excluding carboxylic acids is 1. The molecule has 0 spiro atoms. The van der Waals surface area contributed by atoms with Crippen LogP contribution in [-0.4, -0.2) is 38.9 Å². The zero-order valence-corrected chi connectivity index (χ0v) is 13.0. The number of nitrogen functional groups attached to an aromatic ring is 1. The molecule has 1 saturated heterocycles. The normalized spacial score (nSPS) is 17.6. The number of methoxy groups -OCH3 is 1. The number of benzene rings is 1. The van der Waals surface area contributed by atoms with Crippen LogP contribution in [0.25, 0.3) is 0 Å². The van der Waals surface area contributed by atoms with Crippen molar-refractivity contribution >= 4 is 21.7 Å². The Balaban J connectivity index is 2.44. The van der Waals surface area contributed by atoms with Gasteiger partial charge in [0.1, 0.15) is 0 Å². The highest BCUT2D eigenvalue weighted by Gasteiger charge is 2.31. The average Bonchev–Trinajstić information content (AvgIpc) is 2.47. The first kappa shape index (κ1) is 15.8. The average molecular weight is 312 g/mol. The summed E-state index contributed by atoms with van der Waals surface area (Å²) in [4.78, 5) is 11.7. The third-order valence-electron chi connectivity index (χ3n) is 3.77. The van der Waals surface area contributed by atoms with Crippen LogP contribution in [0, 0.1) is 5.92 Å². The van der Waals surface area contributed by atoms with Gasteiger partial charge in [-0.1, -0.05) is 6.92 Å². The first-order chi connectivity index (χ1) is 9.86. The molecular formula is C14H20N2O4S. The molecule has 1 aliphatic heterocycles. The summed E-state index contributed by atoms with van der Waals surface area (Å²) in [5.74, 6) is -0.170. The molecule has 7 heteroatoms. The summed E-state index contributed by atoms with van der Waals surface area (Å²) >= 11 is 0. The molecule has 0 unspecified atom stereocenters. The highest BCUT2D eigenvalue weighted by atomic mass is 32.2. The number of carbonyl (C=O) groups is 1. The smallest absolute Gasteiger partial charge is 0.339 e. The van der Waals surface area contributed by atoms with Crippen molar-refractivity contribution in [3.8, 4) is 0 Å². The zero-order valence-electron chi connectivity index (χ0n) is 12.2. The van der Waals surface area contributed by atoms with Gasteiger partial charge in [0.25, 0.3) is 0 Å². The molecule has 116 valence electrons. The first-order valence-electron chi connectivity index (χ1n) is 6.84. The zero-order chi connectivity index (χ0) is 15.6. The Bertz CT molecular complexity index is 634. The Hall–Kier alpha value is -1.60. The predicted molar refractivity (Wildman–Crippen MR) is 79.4 cm³/mol. The number of hydrogen-bond donors (Lipinski definition) is 1. The molecule has 0 amide bonds. The van der Waals surface area contributed by atoms with E-state index in [-0.39, 0.29) is 10.5 Å². The van der Waals surface area contributed by atoms with Crippen LogP contribution >= 0.6 is 0 Å². The van der Waals surface area contributed by atoms with Crippen molar-refractivity contribution in [3.63, 3.8) is 0 Å². The minimum Gasteiger partial charge on any atom is -0.465 e. The van der Waals surface area contributed by atoms with Gasteiger partial charge in [0.05, 0.1) is 17.6 Å². The van der Waals surface area contributed by atoms with E-state index in [9.17, 15) is 13.2 Å². The van der Waals surface area contributed by atoms with Crippen molar-refractivity contribution < 1.29 is 17.9 Å². The number of rotatable bonds is 3. The standard InChI is InChI=1S/C14H20N2O4S/c1-10-5-7-16(8-6-10)21(18,19)13-9-11(15)3-4-12(13)14(17)20-2/h3-4,9-10H,5-8,15H2,1-2H3. The molecule has 1 aromatic carbocycles. The summed E-state index contributed by atoms with van der Waals surface area (Å²) in [5.41, 5.74) is 6.00. The van der Waals surface area contributed by atoms with Crippen LogP contribution in [0.5, 0.6) is 0 Å². The monoisotopic (exact) mass is 312 g/mol. The highest BCUT2D eigenvalue weighted by molar-refractivity contribution is 7.89. The van der Waals surface area contributed by atoms with Gasteiger partial charge in [-0.05, 0) is 37.0 Å². The summed E-state index contributed by atoms with van der Waals surface area (Å²) in [6.07, 6.45) is 1.63. The van der Waals surface area contributed by atoms with Crippen LogP contribution in [0.3, 0.4) is 0 Å². The lowest BCUT2D eigenvalue weighted by Gasteiger charge is -2.29. The van der Waals surface area contributed by atoms with Crippen LogP contribution in [0.1, 0.15) is 30.1 Å². The van der Waals surface area contributed by atoms with E-state index in [0.29, 0.717) is 24.7 Å². The Morgan fingerprint density at radius 3 is 2.52 bits per heavy atom. The molecule has 2 N–H and O–H groups in total. The lowest BCUT2D eigenvalue weighted by molar-refractivity contribution is 0.0596. The van der Waals surface area contributed by atoms with E-state index in [1.54, 1.807) is 0 Å². The number of nitrogens with two attached hydrogens (primary N) is 1. The molecule has 0 atom stereocenters. The fourth-order valence-electron chi connectivity index (χ4n) is 2.40. The van der Waals surface area contributed by atoms with Gasteiger partial charge in [-0.2, -0.15) is 4.31 Å². The van der Waals surface area contributed by atoms with Crippen LogP contribution in [0.4, 0.5) is 5.69 Å². The molecule has 0 aliphatic carbocycles. The molecule has 21 heavy (non-hydrogen) atoms. The maximum absolute atomic E-state index is 12.7. The van der Waals surface area contributed by atoms with Crippen molar-refractivity contribution in [2.45, 2.75) is 24.7 Å². The summed E-state index contributed by atoms with van der Waals surface area (Å²) in [6.45, 7) is 3.02. The molecule has 1 aromatic rings. The van der Waals surface area contributed by atoms with Gasteiger partial charge in [-0.25, -0.2) is 13.2 Å². The quantitative estimate of drug-likeness (QED) is 0.674. The lowest BCUT2D eigenvalue weighted by Crippen LogP contribution is -2.38. The Morgan fingerprint density at radius 2 is 1.95 bits per heavy atom. The number of hydrogen-bond acceptors (Lipinski definition) is 5. The highest BCUT2D eigenvalue weighted by Crippen LogP contribution is 2.27. The first-order valence-corrected chi connectivity index (χ1v) is 8.28. The number of anilines is 1. The summed E-state index contributed by atoms with van der Waals surface area (Å²) in [5, 5.41) is 0. The van der Waals surface area contributed by atoms with Crippen molar-refractivity contribution in [1.82, 2.24) is 4.31 Å². The molecule has 6 nitrogen and oxygen atoms in total. The van der Waals surface area contributed by atoms with E-state index in [2.05, 4.69) is 11.7 Å². The second-order valence-corrected chi connectivity index (χ2v) is 7.24. The maximum Gasteiger partial charge on any atom is 0.339 e. The van der Waals surface area contributed by atoms with Crippen LogP contribution in [0.15, 0.2) is 23.1 Å². The molecule has 0 bridgehead atoms. The Labute approximate surface area is 124 Å². The molecule has 1 heterocycles. The van der Waals surface area contributed by atoms with Crippen molar-refractivity contribution in [2.75, 3.05) is 25.9 Å². The minimum absolute atomic E-state index is 0.0188. The fraction of sp³-hybridized carbons (Fsp3) is 0.500. The number of piperidine rings is 1. The number of ether oxygens (including phenoxy) is 1. The summed E-state index contributed by atoms with van der Waals surface area (Å²) < 4.78 is 31.6. The predicted octanol–water partition coefficient (Wildman–Crippen LogP) is 1.48. The molecule has 1 aliphatic rings. The minimum atomic E-state index is -3.74. The molecular weight excluding hydrogens is 292 g/mol. The van der Waals surface area contributed by atoms with Gasteiger partial charge in [-0.3, -0.25) is 0 Å². The molecule has 0 saturated carbocycles. The second-order valence-electron chi connectivity index (χ2n) is 5.33.